The molecule has 126 valence electrons. The Morgan fingerprint density at radius 3 is 2.22 bits per heavy atom. The first kappa shape index (κ1) is 18.5. The first-order chi connectivity index (χ1) is 10.6. The minimum Gasteiger partial charge on any atom is -0.314 e. The summed E-state index contributed by atoms with van der Waals surface area (Å²) in [5, 5.41) is 3.20. The third-order valence-electron chi connectivity index (χ3n) is 3.70. The number of hydrogen-bond donors (Lipinski definition) is 1. The van der Waals surface area contributed by atoms with E-state index in [4.69, 9.17) is 11.6 Å². The molecular weight excluding hydrogens is 368 g/mol. The van der Waals surface area contributed by atoms with Crippen LogP contribution in [0.15, 0.2) is 24.3 Å². The van der Waals surface area contributed by atoms with Crippen molar-refractivity contribution in [3.8, 4) is 0 Å². The van der Waals surface area contributed by atoms with Crippen LogP contribution in [-0.2, 0) is 0 Å². The number of benzene rings is 1. The van der Waals surface area contributed by atoms with E-state index in [1.165, 1.54) is 11.3 Å². The lowest BCUT2D eigenvalue weighted by Gasteiger charge is -2.35. The second-order valence-corrected chi connectivity index (χ2v) is 6.86. The number of piperazine rings is 1. The van der Waals surface area contributed by atoms with Crippen LogP contribution >= 0.6 is 35.3 Å². The third kappa shape index (κ3) is 4.00. The Bertz CT molecular complexity index is 651. The maximum Gasteiger partial charge on any atom is 0.134 e. The van der Waals surface area contributed by atoms with Crippen molar-refractivity contribution in [2.75, 3.05) is 26.2 Å². The quantitative estimate of drug-likeness (QED) is 0.853. The van der Waals surface area contributed by atoms with Gasteiger partial charge < -0.3 is 5.32 Å². The summed E-state index contributed by atoms with van der Waals surface area (Å²) >= 11 is 7.26. The average molecular weight is 383 g/mol. The van der Waals surface area contributed by atoms with Gasteiger partial charge in [0, 0.05) is 48.8 Å². The number of nitrogens with one attached hydrogen (secondary N) is 1. The van der Waals surface area contributed by atoms with E-state index in [1.807, 2.05) is 4.90 Å². The van der Waals surface area contributed by atoms with Crippen LogP contribution in [-0.4, -0.2) is 31.1 Å². The largest absolute Gasteiger partial charge is 0.314 e. The van der Waals surface area contributed by atoms with Crippen molar-refractivity contribution in [1.29, 1.82) is 0 Å². The standard InChI is InChI=1S/C15H14ClF3N2S.ClH/c16-13-2-1-12(22-13)15(21-5-3-20-4-6-21)14-10(18)7-9(17)8-11(14)19;/h1-2,7-8,15,20H,3-6H2;1H/t15-;/m1./s1. The lowest BCUT2D eigenvalue weighted by atomic mass is 10.0. The maximum atomic E-state index is 14.3. The summed E-state index contributed by atoms with van der Waals surface area (Å²) in [6.45, 7) is 2.77. The highest BCUT2D eigenvalue weighted by Crippen LogP contribution is 2.37. The van der Waals surface area contributed by atoms with E-state index in [9.17, 15) is 13.2 Å². The molecule has 1 atom stereocenters. The van der Waals surface area contributed by atoms with Crippen molar-refractivity contribution in [3.05, 3.63) is 56.5 Å². The molecule has 2 nitrogen and oxygen atoms in total. The monoisotopic (exact) mass is 382 g/mol. The Morgan fingerprint density at radius 1 is 1.09 bits per heavy atom. The molecule has 0 amide bonds. The zero-order chi connectivity index (χ0) is 15.7. The van der Waals surface area contributed by atoms with Crippen LogP contribution < -0.4 is 5.32 Å². The number of hydrogen-bond acceptors (Lipinski definition) is 3. The van der Waals surface area contributed by atoms with Crippen molar-refractivity contribution < 1.29 is 13.2 Å². The number of rotatable bonds is 3. The van der Waals surface area contributed by atoms with Gasteiger partial charge in [0.25, 0.3) is 0 Å². The van der Waals surface area contributed by atoms with Crippen LogP contribution in [0.5, 0.6) is 0 Å². The zero-order valence-electron chi connectivity index (χ0n) is 12.0. The number of nitrogens with zero attached hydrogens (tertiary/aromatic N) is 1. The molecule has 1 fully saturated rings. The summed E-state index contributed by atoms with van der Waals surface area (Å²) in [5.41, 5.74) is -0.123. The van der Waals surface area contributed by atoms with E-state index < -0.39 is 23.5 Å². The molecule has 1 aliphatic heterocycles. The molecule has 2 heterocycles. The van der Waals surface area contributed by atoms with Crippen molar-refractivity contribution in [2.45, 2.75) is 6.04 Å². The molecule has 0 saturated carbocycles. The fourth-order valence-electron chi connectivity index (χ4n) is 2.73. The zero-order valence-corrected chi connectivity index (χ0v) is 14.4. The van der Waals surface area contributed by atoms with Gasteiger partial charge in [0.05, 0.1) is 10.4 Å². The van der Waals surface area contributed by atoms with E-state index in [2.05, 4.69) is 5.32 Å². The molecule has 3 rings (SSSR count). The summed E-state index contributed by atoms with van der Waals surface area (Å²) in [5.74, 6) is -2.65. The van der Waals surface area contributed by atoms with E-state index in [0.29, 0.717) is 17.4 Å². The third-order valence-corrected chi connectivity index (χ3v) is 4.98. The van der Waals surface area contributed by atoms with Crippen LogP contribution in [0.4, 0.5) is 13.2 Å². The van der Waals surface area contributed by atoms with Gasteiger partial charge in [0.15, 0.2) is 0 Å². The van der Waals surface area contributed by atoms with E-state index in [0.717, 1.165) is 30.1 Å². The van der Waals surface area contributed by atoms with Crippen molar-refractivity contribution in [1.82, 2.24) is 10.2 Å². The second kappa shape index (κ2) is 7.85. The molecule has 8 heteroatoms. The average Bonchev–Trinajstić information content (AvgIpc) is 2.89. The van der Waals surface area contributed by atoms with Gasteiger partial charge >= 0.3 is 0 Å². The Balaban J connectivity index is 0.00000192. The summed E-state index contributed by atoms with van der Waals surface area (Å²) in [4.78, 5) is 2.73. The van der Waals surface area contributed by atoms with Gasteiger partial charge in [0.2, 0.25) is 0 Å². The molecule has 1 aromatic heterocycles. The van der Waals surface area contributed by atoms with Gasteiger partial charge in [-0.15, -0.1) is 23.7 Å². The Morgan fingerprint density at radius 2 is 1.70 bits per heavy atom. The van der Waals surface area contributed by atoms with Crippen LogP contribution in [0, 0.1) is 17.5 Å². The molecule has 23 heavy (non-hydrogen) atoms. The van der Waals surface area contributed by atoms with Gasteiger partial charge in [-0.3, -0.25) is 4.90 Å². The predicted molar refractivity (Wildman–Crippen MR) is 89.2 cm³/mol. The van der Waals surface area contributed by atoms with Crippen molar-refractivity contribution in [3.63, 3.8) is 0 Å². The Labute approximate surface area is 147 Å². The highest BCUT2D eigenvalue weighted by atomic mass is 35.5. The molecular formula is C15H15Cl2F3N2S. The SMILES string of the molecule is Cl.Fc1cc(F)c([C@@H](c2ccc(Cl)s2)N2CCNCC2)c(F)c1. The van der Waals surface area contributed by atoms with E-state index in [1.54, 1.807) is 12.1 Å². The predicted octanol–water partition coefficient (Wildman–Crippen LogP) is 4.24. The van der Waals surface area contributed by atoms with E-state index in [-0.39, 0.29) is 18.0 Å². The molecule has 1 aromatic carbocycles. The lowest BCUT2D eigenvalue weighted by molar-refractivity contribution is 0.194. The number of halogens is 5. The highest BCUT2D eigenvalue weighted by Gasteiger charge is 2.30. The molecule has 0 radical (unpaired) electrons. The van der Waals surface area contributed by atoms with Gasteiger partial charge in [0.1, 0.15) is 17.5 Å². The van der Waals surface area contributed by atoms with Crippen molar-refractivity contribution in [2.24, 2.45) is 0 Å². The van der Waals surface area contributed by atoms with Crippen molar-refractivity contribution >= 4 is 35.3 Å². The Kier molecular flexibility index (Phi) is 6.33. The molecule has 0 spiro atoms. The first-order valence-corrected chi connectivity index (χ1v) is 8.10. The molecule has 0 aliphatic carbocycles. The molecule has 2 aromatic rings. The minimum atomic E-state index is -0.915. The summed E-state index contributed by atoms with van der Waals surface area (Å²) in [7, 11) is 0. The topological polar surface area (TPSA) is 15.3 Å². The normalized spacial score (nSPS) is 16.9. The molecule has 1 saturated heterocycles. The minimum absolute atomic E-state index is 0. The molecule has 1 N–H and O–H groups in total. The maximum absolute atomic E-state index is 14.3. The van der Waals surface area contributed by atoms with Crippen LogP contribution in [0.2, 0.25) is 4.34 Å². The Hall–Kier alpha value is -0.790. The smallest absolute Gasteiger partial charge is 0.134 e. The van der Waals surface area contributed by atoms with E-state index >= 15 is 0 Å². The molecule has 0 unspecified atom stereocenters. The molecule has 1 aliphatic rings. The summed E-state index contributed by atoms with van der Waals surface area (Å²) < 4.78 is 42.3. The number of thiophene rings is 1. The fourth-order valence-corrected chi connectivity index (χ4v) is 3.94. The fraction of sp³-hybridized carbons (Fsp3) is 0.333. The molecule has 0 bridgehead atoms. The lowest BCUT2D eigenvalue weighted by Crippen LogP contribution is -2.45. The van der Waals surface area contributed by atoms with Crippen LogP contribution in [0.25, 0.3) is 0 Å². The van der Waals surface area contributed by atoms with Gasteiger partial charge in [-0.25, -0.2) is 13.2 Å². The van der Waals surface area contributed by atoms with Gasteiger partial charge in [-0.2, -0.15) is 0 Å². The summed E-state index contributed by atoms with van der Waals surface area (Å²) in [6.07, 6.45) is 0. The van der Waals surface area contributed by atoms with Gasteiger partial charge in [-0.1, -0.05) is 11.6 Å². The highest BCUT2D eigenvalue weighted by molar-refractivity contribution is 7.16. The second-order valence-electron chi connectivity index (χ2n) is 5.11. The van der Waals surface area contributed by atoms with Crippen LogP contribution in [0.1, 0.15) is 16.5 Å². The summed E-state index contributed by atoms with van der Waals surface area (Å²) in [6, 6.07) is 4.32. The van der Waals surface area contributed by atoms with Crippen LogP contribution in [0.3, 0.4) is 0 Å². The first-order valence-electron chi connectivity index (χ1n) is 6.90. The van der Waals surface area contributed by atoms with Gasteiger partial charge in [-0.05, 0) is 12.1 Å².